The van der Waals surface area contributed by atoms with Crippen molar-refractivity contribution in [2.75, 3.05) is 6.26 Å². The maximum Gasteiger partial charge on any atom is 0.270 e. The zero-order valence-corrected chi connectivity index (χ0v) is 15.3. The van der Waals surface area contributed by atoms with Crippen molar-refractivity contribution in [1.82, 2.24) is 9.97 Å². The lowest BCUT2D eigenvalue weighted by atomic mass is 10.1. The fourth-order valence-electron chi connectivity index (χ4n) is 2.26. The van der Waals surface area contributed by atoms with Gasteiger partial charge in [0.1, 0.15) is 16.7 Å². The second-order valence-electron chi connectivity index (χ2n) is 5.07. The molecule has 2 aromatic carbocycles. The molecule has 3 rings (SSSR count). The smallest absolute Gasteiger partial charge is 0.258 e. The third kappa shape index (κ3) is 3.85. The number of thioether (sulfide) groups is 1. The topological polar surface area (TPSA) is 92.7 Å². The van der Waals surface area contributed by atoms with Gasteiger partial charge in [-0.2, -0.15) is 5.26 Å². The zero-order valence-electron chi connectivity index (χ0n) is 13.6. The fraction of sp³-hybridized carbons (Fsp3) is 0.0556. The van der Waals surface area contributed by atoms with Gasteiger partial charge in [0.25, 0.3) is 5.69 Å². The van der Waals surface area contributed by atoms with Crippen LogP contribution in [0.5, 0.6) is 0 Å². The second-order valence-corrected chi connectivity index (χ2v) is 6.91. The van der Waals surface area contributed by atoms with E-state index in [0.717, 1.165) is 4.90 Å². The largest absolute Gasteiger partial charge is 0.270 e. The summed E-state index contributed by atoms with van der Waals surface area (Å²) in [5, 5.41) is 21.8. The van der Waals surface area contributed by atoms with Crippen molar-refractivity contribution < 1.29 is 4.92 Å². The monoisotopic (exact) mass is 380 g/mol. The predicted molar refractivity (Wildman–Crippen MR) is 101 cm³/mol. The van der Waals surface area contributed by atoms with Gasteiger partial charge in [0.15, 0.2) is 5.16 Å². The van der Waals surface area contributed by atoms with E-state index in [1.165, 1.54) is 35.7 Å². The fourth-order valence-corrected chi connectivity index (χ4v) is 3.58. The van der Waals surface area contributed by atoms with Crippen LogP contribution in [0.4, 0.5) is 5.69 Å². The number of nitrogens with zero attached hydrogens (tertiary/aromatic N) is 4. The SMILES string of the molecule is CSc1nc(Sc2ccccc2)c(C#N)c(-c2cccc([N+](=O)[O-])c2)n1. The molecule has 0 radical (unpaired) electrons. The minimum Gasteiger partial charge on any atom is -0.258 e. The molecule has 0 aliphatic rings. The van der Waals surface area contributed by atoms with Crippen molar-refractivity contribution in [3.05, 3.63) is 70.3 Å². The molecule has 0 bridgehead atoms. The Bertz CT molecular complexity index is 1000. The van der Waals surface area contributed by atoms with Crippen molar-refractivity contribution in [3.8, 4) is 17.3 Å². The number of nitro benzene ring substituents is 1. The van der Waals surface area contributed by atoms with Crippen molar-refractivity contribution in [2.24, 2.45) is 0 Å². The standard InChI is InChI=1S/C18H12N4O2S2/c1-25-18-20-16(12-6-5-7-13(10-12)22(23)24)15(11-19)17(21-18)26-14-8-3-2-4-9-14/h2-10H,1H3. The van der Waals surface area contributed by atoms with Gasteiger partial charge in [0, 0.05) is 22.6 Å². The van der Waals surface area contributed by atoms with Crippen LogP contribution in [0.15, 0.2) is 69.7 Å². The van der Waals surface area contributed by atoms with Crippen LogP contribution in [-0.4, -0.2) is 21.1 Å². The molecule has 0 saturated heterocycles. The lowest BCUT2D eigenvalue weighted by Gasteiger charge is -2.10. The molecule has 0 amide bonds. The van der Waals surface area contributed by atoms with Gasteiger partial charge in [-0.3, -0.25) is 10.1 Å². The summed E-state index contributed by atoms with van der Waals surface area (Å²) in [5.41, 5.74) is 1.17. The van der Waals surface area contributed by atoms with Crippen LogP contribution in [0.3, 0.4) is 0 Å². The Morgan fingerprint density at radius 1 is 1.12 bits per heavy atom. The summed E-state index contributed by atoms with van der Waals surface area (Å²) in [6, 6.07) is 17.9. The summed E-state index contributed by atoms with van der Waals surface area (Å²) >= 11 is 2.72. The quantitative estimate of drug-likeness (QED) is 0.206. The van der Waals surface area contributed by atoms with Crippen LogP contribution in [0, 0.1) is 21.4 Å². The predicted octanol–water partition coefficient (Wildman–Crippen LogP) is 4.80. The summed E-state index contributed by atoms with van der Waals surface area (Å²) in [7, 11) is 0. The average Bonchev–Trinajstić information content (AvgIpc) is 2.68. The number of nitro groups is 1. The van der Waals surface area contributed by atoms with Gasteiger partial charge in [0.05, 0.1) is 10.6 Å². The first-order valence-electron chi connectivity index (χ1n) is 7.46. The molecule has 0 saturated carbocycles. The molecule has 3 aromatic rings. The maximum atomic E-state index is 11.1. The number of hydrogen-bond donors (Lipinski definition) is 0. The van der Waals surface area contributed by atoms with Gasteiger partial charge in [-0.05, 0) is 18.4 Å². The third-order valence-corrected chi connectivity index (χ3v) is 4.98. The van der Waals surface area contributed by atoms with E-state index >= 15 is 0 Å². The number of aromatic nitrogens is 2. The van der Waals surface area contributed by atoms with Crippen LogP contribution in [0.25, 0.3) is 11.3 Å². The molecule has 0 unspecified atom stereocenters. The van der Waals surface area contributed by atoms with Crippen molar-refractivity contribution in [2.45, 2.75) is 15.1 Å². The molecule has 0 N–H and O–H groups in total. The van der Waals surface area contributed by atoms with E-state index in [0.29, 0.717) is 27.0 Å². The van der Waals surface area contributed by atoms with E-state index in [9.17, 15) is 15.4 Å². The maximum absolute atomic E-state index is 11.1. The highest BCUT2D eigenvalue weighted by Crippen LogP contribution is 2.35. The Balaban J connectivity index is 2.16. The first-order valence-corrected chi connectivity index (χ1v) is 9.50. The molecule has 128 valence electrons. The summed E-state index contributed by atoms with van der Waals surface area (Å²) in [4.78, 5) is 20.4. The molecule has 1 heterocycles. The molecular weight excluding hydrogens is 368 g/mol. The molecule has 26 heavy (non-hydrogen) atoms. The molecule has 1 aromatic heterocycles. The van der Waals surface area contributed by atoms with E-state index in [1.807, 2.05) is 36.6 Å². The molecule has 0 atom stereocenters. The lowest BCUT2D eigenvalue weighted by Crippen LogP contribution is -1.99. The van der Waals surface area contributed by atoms with Gasteiger partial charge in [-0.25, -0.2) is 9.97 Å². The summed E-state index contributed by atoms with van der Waals surface area (Å²) in [6.45, 7) is 0. The lowest BCUT2D eigenvalue weighted by molar-refractivity contribution is -0.384. The highest BCUT2D eigenvalue weighted by molar-refractivity contribution is 7.99. The summed E-state index contributed by atoms with van der Waals surface area (Å²) in [6.07, 6.45) is 1.84. The normalized spacial score (nSPS) is 10.3. The van der Waals surface area contributed by atoms with E-state index in [1.54, 1.807) is 12.1 Å². The average molecular weight is 380 g/mol. The Morgan fingerprint density at radius 3 is 2.54 bits per heavy atom. The van der Waals surface area contributed by atoms with Crippen molar-refractivity contribution in [3.63, 3.8) is 0 Å². The third-order valence-electron chi connectivity index (χ3n) is 3.44. The van der Waals surface area contributed by atoms with E-state index < -0.39 is 4.92 Å². The Kier molecular flexibility index (Phi) is 5.51. The highest BCUT2D eigenvalue weighted by atomic mass is 32.2. The second kappa shape index (κ2) is 7.99. The van der Waals surface area contributed by atoms with Crippen LogP contribution in [0.2, 0.25) is 0 Å². The molecule has 8 heteroatoms. The van der Waals surface area contributed by atoms with Crippen LogP contribution < -0.4 is 0 Å². The minimum atomic E-state index is -0.466. The number of non-ortho nitro benzene ring substituents is 1. The zero-order chi connectivity index (χ0) is 18.5. The van der Waals surface area contributed by atoms with Gasteiger partial charge in [-0.1, -0.05) is 53.9 Å². The number of nitriles is 1. The molecule has 6 nitrogen and oxygen atoms in total. The molecular formula is C18H12N4O2S2. The Hall–Kier alpha value is -2.89. The molecule has 0 aliphatic heterocycles. The van der Waals surface area contributed by atoms with Gasteiger partial charge < -0.3 is 0 Å². The van der Waals surface area contributed by atoms with Crippen LogP contribution >= 0.6 is 23.5 Å². The van der Waals surface area contributed by atoms with E-state index in [4.69, 9.17) is 0 Å². The number of rotatable bonds is 5. The highest BCUT2D eigenvalue weighted by Gasteiger charge is 2.18. The minimum absolute atomic E-state index is 0.0482. The van der Waals surface area contributed by atoms with Gasteiger partial charge in [0.2, 0.25) is 0 Å². The Labute approximate surface area is 158 Å². The molecule has 0 fully saturated rings. The van der Waals surface area contributed by atoms with Gasteiger partial charge in [-0.15, -0.1) is 0 Å². The van der Waals surface area contributed by atoms with E-state index in [-0.39, 0.29) is 5.69 Å². The van der Waals surface area contributed by atoms with Crippen molar-refractivity contribution >= 4 is 29.2 Å². The first kappa shape index (κ1) is 17.9. The first-order chi connectivity index (χ1) is 12.6. The molecule has 0 aliphatic carbocycles. The summed E-state index contributed by atoms with van der Waals surface area (Å²) in [5.74, 6) is 0. The van der Waals surface area contributed by atoms with E-state index in [2.05, 4.69) is 16.0 Å². The summed E-state index contributed by atoms with van der Waals surface area (Å²) < 4.78 is 0. The van der Waals surface area contributed by atoms with Gasteiger partial charge >= 0.3 is 0 Å². The Morgan fingerprint density at radius 2 is 1.88 bits per heavy atom. The number of hydrogen-bond acceptors (Lipinski definition) is 7. The van der Waals surface area contributed by atoms with Crippen LogP contribution in [-0.2, 0) is 0 Å². The van der Waals surface area contributed by atoms with Crippen molar-refractivity contribution in [1.29, 1.82) is 5.26 Å². The van der Waals surface area contributed by atoms with Crippen LogP contribution in [0.1, 0.15) is 5.56 Å². The molecule has 0 spiro atoms. The number of benzene rings is 2.